The molecule has 172 valence electrons. The average Bonchev–Trinajstić information content (AvgIpc) is 3.76. The van der Waals surface area contributed by atoms with Crippen molar-refractivity contribution in [2.75, 3.05) is 11.4 Å². The number of amides is 1. The molecule has 3 aromatic rings. The van der Waals surface area contributed by atoms with Crippen molar-refractivity contribution >= 4 is 17.6 Å². The first-order valence-electron chi connectivity index (χ1n) is 11.7. The number of nitrogens with zero attached hydrogens (tertiary/aromatic N) is 1. The number of carbonyl (C=O) groups is 2. The normalized spacial score (nSPS) is 18.4. The zero-order valence-electron chi connectivity index (χ0n) is 18.7. The number of para-hydroxylation sites is 1. The lowest BCUT2D eigenvalue weighted by Crippen LogP contribution is -2.36. The van der Waals surface area contributed by atoms with Crippen LogP contribution >= 0.6 is 0 Å². The van der Waals surface area contributed by atoms with Crippen LogP contribution in [0.3, 0.4) is 0 Å². The number of carboxylic acid groups (broad SMARTS) is 1. The van der Waals surface area contributed by atoms with Crippen LogP contribution < -0.4 is 10.2 Å². The van der Waals surface area contributed by atoms with Crippen molar-refractivity contribution in [3.63, 3.8) is 0 Å². The number of fused-ring (bicyclic) bond motifs is 2. The molecule has 2 aliphatic carbocycles. The topological polar surface area (TPSA) is 69.6 Å². The molecule has 3 aromatic carbocycles. The van der Waals surface area contributed by atoms with Gasteiger partial charge in [0.25, 0.3) is 5.91 Å². The van der Waals surface area contributed by atoms with Crippen LogP contribution in [0.25, 0.3) is 0 Å². The van der Waals surface area contributed by atoms with Gasteiger partial charge in [-0.2, -0.15) is 0 Å². The average molecular weight is 457 g/mol. The fraction of sp³-hybridized carbons (Fsp3) is 0.286. The van der Waals surface area contributed by atoms with Gasteiger partial charge in [-0.25, -0.2) is 9.18 Å². The van der Waals surface area contributed by atoms with E-state index in [0.29, 0.717) is 12.1 Å². The van der Waals surface area contributed by atoms with Crippen LogP contribution in [-0.2, 0) is 17.5 Å². The van der Waals surface area contributed by atoms with Gasteiger partial charge in [0.2, 0.25) is 0 Å². The van der Waals surface area contributed by atoms with Gasteiger partial charge in [0.15, 0.2) is 0 Å². The van der Waals surface area contributed by atoms with Crippen molar-refractivity contribution in [3.05, 3.63) is 100 Å². The van der Waals surface area contributed by atoms with E-state index < -0.39 is 11.5 Å². The van der Waals surface area contributed by atoms with E-state index in [9.17, 15) is 19.1 Å². The summed E-state index contributed by atoms with van der Waals surface area (Å²) in [4.78, 5) is 27.1. The lowest BCUT2D eigenvalue weighted by molar-refractivity contribution is 0.0696. The van der Waals surface area contributed by atoms with Gasteiger partial charge < -0.3 is 15.3 Å². The first kappa shape index (κ1) is 20.9. The highest BCUT2D eigenvalue weighted by Gasteiger charge is 2.53. The number of nitrogens with one attached hydrogen (secondary N) is 1. The van der Waals surface area contributed by atoms with Gasteiger partial charge in [-0.1, -0.05) is 36.4 Å². The maximum Gasteiger partial charge on any atom is 0.335 e. The highest BCUT2D eigenvalue weighted by atomic mass is 19.1. The van der Waals surface area contributed by atoms with Crippen molar-refractivity contribution in [2.24, 2.45) is 0 Å². The Kier molecular flexibility index (Phi) is 4.56. The summed E-state index contributed by atoms with van der Waals surface area (Å²) >= 11 is 0. The van der Waals surface area contributed by atoms with Crippen LogP contribution in [0.4, 0.5) is 10.1 Å². The second kappa shape index (κ2) is 7.42. The number of carboxylic acids is 1. The lowest BCUT2D eigenvalue weighted by atomic mass is 9.96. The van der Waals surface area contributed by atoms with Gasteiger partial charge in [0.05, 0.1) is 22.4 Å². The second-order valence-electron chi connectivity index (χ2n) is 9.88. The van der Waals surface area contributed by atoms with Gasteiger partial charge in [-0.3, -0.25) is 4.79 Å². The molecule has 6 rings (SSSR count). The molecule has 1 spiro atoms. The summed E-state index contributed by atoms with van der Waals surface area (Å²) in [7, 11) is 0. The summed E-state index contributed by atoms with van der Waals surface area (Å²) in [5, 5.41) is 12.4. The number of halogens is 1. The summed E-state index contributed by atoms with van der Waals surface area (Å²) in [6.45, 7) is 1.49. The van der Waals surface area contributed by atoms with E-state index in [-0.39, 0.29) is 22.7 Å². The minimum absolute atomic E-state index is 0.113. The first-order valence-corrected chi connectivity index (χ1v) is 11.7. The van der Waals surface area contributed by atoms with Gasteiger partial charge in [-0.05, 0) is 72.7 Å². The number of benzene rings is 3. The van der Waals surface area contributed by atoms with Crippen LogP contribution in [-0.4, -0.2) is 23.5 Å². The molecule has 34 heavy (non-hydrogen) atoms. The van der Waals surface area contributed by atoms with Gasteiger partial charge in [-0.15, -0.1) is 0 Å². The molecule has 6 heteroatoms. The maximum atomic E-state index is 13.6. The molecule has 0 aromatic heterocycles. The number of hydrogen-bond acceptors (Lipinski definition) is 3. The van der Waals surface area contributed by atoms with Crippen molar-refractivity contribution in [3.8, 4) is 0 Å². The van der Waals surface area contributed by atoms with E-state index in [1.54, 1.807) is 36.4 Å². The van der Waals surface area contributed by atoms with E-state index in [1.807, 2.05) is 12.1 Å². The monoisotopic (exact) mass is 456 g/mol. The fourth-order valence-corrected chi connectivity index (χ4v) is 5.38. The second-order valence-corrected chi connectivity index (χ2v) is 9.88. The molecule has 0 radical (unpaired) electrons. The highest BCUT2D eigenvalue weighted by molar-refractivity contribution is 6.02. The zero-order chi connectivity index (χ0) is 23.5. The lowest BCUT2D eigenvalue weighted by Gasteiger charge is -2.24. The molecule has 2 fully saturated rings. The third-order valence-corrected chi connectivity index (χ3v) is 7.59. The van der Waals surface area contributed by atoms with Crippen LogP contribution in [0, 0.1) is 5.82 Å². The number of hydrogen-bond donors (Lipinski definition) is 2. The highest BCUT2D eigenvalue weighted by Crippen LogP contribution is 2.57. The Balaban J connectivity index is 1.30. The Bertz CT molecular complexity index is 1290. The van der Waals surface area contributed by atoms with Gasteiger partial charge in [0, 0.05) is 18.5 Å². The number of aromatic carboxylic acids is 1. The number of rotatable bonds is 6. The van der Waals surface area contributed by atoms with Crippen molar-refractivity contribution in [1.82, 2.24) is 5.32 Å². The van der Waals surface area contributed by atoms with Gasteiger partial charge >= 0.3 is 5.97 Å². The molecule has 0 atom stereocenters. The fourth-order valence-electron chi connectivity index (χ4n) is 5.38. The first-order chi connectivity index (χ1) is 16.4. The predicted octanol–water partition coefficient (Wildman–Crippen LogP) is 4.99. The van der Waals surface area contributed by atoms with E-state index in [1.165, 1.54) is 17.7 Å². The predicted molar refractivity (Wildman–Crippen MR) is 127 cm³/mol. The molecular weight excluding hydrogens is 431 g/mol. The standard InChI is InChI=1S/C28H25FN2O3/c29-21-10-4-18(5-11-21)16-31-17-27(12-13-27)23-3-1-2-22(24(23)31)25(32)30-28(14-15-28)20-8-6-19(7-9-20)26(33)34/h1-11H,12-17H2,(H,30,32)(H,33,34). The van der Waals surface area contributed by atoms with Crippen LogP contribution in [0.15, 0.2) is 66.7 Å². The zero-order valence-corrected chi connectivity index (χ0v) is 18.7. The Morgan fingerprint density at radius 1 is 0.941 bits per heavy atom. The minimum atomic E-state index is -0.962. The van der Waals surface area contributed by atoms with Gasteiger partial charge in [0.1, 0.15) is 5.82 Å². The molecule has 0 bridgehead atoms. The summed E-state index contributed by atoms with van der Waals surface area (Å²) in [6.07, 6.45) is 3.88. The van der Waals surface area contributed by atoms with Crippen LogP contribution in [0.5, 0.6) is 0 Å². The van der Waals surface area contributed by atoms with E-state index in [2.05, 4.69) is 16.3 Å². The molecule has 5 nitrogen and oxygen atoms in total. The molecular formula is C28H25FN2O3. The quantitative estimate of drug-likeness (QED) is 0.548. The maximum absolute atomic E-state index is 13.6. The summed E-state index contributed by atoms with van der Waals surface area (Å²) in [6, 6.07) is 19.3. The number of carbonyl (C=O) groups excluding carboxylic acids is 1. The smallest absolute Gasteiger partial charge is 0.335 e. The van der Waals surface area contributed by atoms with Crippen molar-refractivity contribution in [2.45, 2.75) is 43.2 Å². The molecule has 0 saturated heterocycles. The summed E-state index contributed by atoms with van der Waals surface area (Å²) in [5.74, 6) is -1.33. The Morgan fingerprint density at radius 3 is 2.26 bits per heavy atom. The van der Waals surface area contributed by atoms with Crippen LogP contribution in [0.2, 0.25) is 0 Å². The van der Waals surface area contributed by atoms with E-state index >= 15 is 0 Å². The Labute approximate surface area is 197 Å². The summed E-state index contributed by atoms with van der Waals surface area (Å²) < 4.78 is 13.4. The van der Waals surface area contributed by atoms with Crippen molar-refractivity contribution in [1.29, 1.82) is 0 Å². The molecule has 1 amide bonds. The third-order valence-electron chi connectivity index (χ3n) is 7.59. The van der Waals surface area contributed by atoms with Crippen molar-refractivity contribution < 1.29 is 19.1 Å². The Morgan fingerprint density at radius 2 is 1.65 bits per heavy atom. The molecule has 2 N–H and O–H groups in total. The van der Waals surface area contributed by atoms with E-state index in [4.69, 9.17) is 0 Å². The molecule has 1 aliphatic heterocycles. The summed E-state index contributed by atoms with van der Waals surface area (Å²) in [5.41, 5.74) is 4.73. The Hall–Kier alpha value is -3.67. The minimum Gasteiger partial charge on any atom is -0.478 e. The molecule has 3 aliphatic rings. The largest absolute Gasteiger partial charge is 0.478 e. The number of anilines is 1. The van der Waals surface area contributed by atoms with E-state index in [0.717, 1.165) is 49.0 Å². The SMILES string of the molecule is O=C(O)c1ccc(C2(NC(=O)c3cccc4c3N(Cc3ccc(F)cc3)CC43CC3)CC2)cc1. The third kappa shape index (κ3) is 3.45. The molecule has 2 saturated carbocycles. The van der Waals surface area contributed by atoms with Crippen LogP contribution in [0.1, 0.15) is 63.1 Å². The molecule has 0 unspecified atom stereocenters. The molecule has 1 heterocycles.